The Kier molecular flexibility index (Phi) is 15.0. The Bertz CT molecular complexity index is 1330. The van der Waals surface area contributed by atoms with Gasteiger partial charge in [0.25, 0.3) is 0 Å². The van der Waals surface area contributed by atoms with Crippen molar-refractivity contribution in [1.82, 2.24) is 0 Å². The first-order valence-electron chi connectivity index (χ1n) is 16.3. The lowest BCUT2D eigenvalue weighted by Gasteiger charge is -2.11. The molecule has 0 N–H and O–H groups in total. The monoisotopic (exact) mass is 710 g/mol. The second-order valence-electron chi connectivity index (χ2n) is 11.7. The lowest BCUT2D eigenvalue weighted by molar-refractivity contribution is 0.304. The van der Waals surface area contributed by atoms with Gasteiger partial charge in [-0.1, -0.05) is 126 Å². The van der Waals surface area contributed by atoms with Gasteiger partial charge in [-0.15, -0.1) is 11.3 Å². The molecule has 1 nitrogen and oxygen atoms in total. The van der Waals surface area contributed by atoms with E-state index in [-0.39, 0.29) is 0 Å². The highest BCUT2D eigenvalue weighted by atomic mass is 79.9. The molecule has 0 radical (unpaired) electrons. The Morgan fingerprint density at radius 2 is 1.31 bits per heavy atom. The summed E-state index contributed by atoms with van der Waals surface area (Å²) in [4.78, 5) is 0. The second-order valence-corrected chi connectivity index (χ2v) is 15.4. The van der Waals surface area contributed by atoms with Gasteiger partial charge in [0.1, 0.15) is 5.75 Å². The van der Waals surface area contributed by atoms with Crippen LogP contribution in [0.3, 0.4) is 0 Å². The van der Waals surface area contributed by atoms with Crippen LogP contribution in [0, 0.1) is 0 Å². The summed E-state index contributed by atoms with van der Waals surface area (Å²) in [5.41, 5.74) is 5.50. The van der Waals surface area contributed by atoms with Crippen molar-refractivity contribution in [1.29, 1.82) is 0 Å². The number of hydrogen-bond acceptors (Lipinski definition) is 2. The number of thiophene rings is 1. The Balaban J connectivity index is 1.12. The van der Waals surface area contributed by atoms with Crippen LogP contribution in [-0.4, -0.2) is 6.61 Å². The molecule has 4 rings (SSSR count). The summed E-state index contributed by atoms with van der Waals surface area (Å²) in [6.07, 6.45) is 20.8. The molecule has 3 aromatic carbocycles. The SMILES string of the molecule is CCCCCCCCc1ccc(-c2cccc3cc(OCCCCCCCCCCc4cc(Br)sc4Br)ccc23)cc1. The highest BCUT2D eigenvalue weighted by molar-refractivity contribution is 9.12. The summed E-state index contributed by atoms with van der Waals surface area (Å²) in [7, 11) is 0. The highest BCUT2D eigenvalue weighted by Crippen LogP contribution is 2.33. The van der Waals surface area contributed by atoms with Gasteiger partial charge in [0, 0.05) is 0 Å². The van der Waals surface area contributed by atoms with Crippen molar-refractivity contribution in [3.05, 3.63) is 85.4 Å². The van der Waals surface area contributed by atoms with Crippen LogP contribution in [-0.2, 0) is 12.8 Å². The predicted molar refractivity (Wildman–Crippen MR) is 192 cm³/mol. The fourth-order valence-corrected chi connectivity index (χ4v) is 8.69. The number of hydrogen-bond donors (Lipinski definition) is 0. The van der Waals surface area contributed by atoms with E-state index in [2.05, 4.69) is 106 Å². The van der Waals surface area contributed by atoms with E-state index in [1.54, 1.807) is 11.3 Å². The summed E-state index contributed by atoms with van der Waals surface area (Å²) >= 11 is 9.02. The fraction of sp³-hybridized carbons (Fsp3) is 0.474. The molecule has 0 spiro atoms. The minimum absolute atomic E-state index is 0.802. The van der Waals surface area contributed by atoms with Gasteiger partial charge in [-0.3, -0.25) is 0 Å². The third kappa shape index (κ3) is 11.1. The van der Waals surface area contributed by atoms with Crippen LogP contribution in [0.2, 0.25) is 0 Å². The molecule has 4 aromatic rings. The lowest BCUT2D eigenvalue weighted by atomic mass is 9.96. The number of fused-ring (bicyclic) bond motifs is 1. The molecular formula is C38H48Br2OS. The van der Waals surface area contributed by atoms with Crippen molar-refractivity contribution in [3.63, 3.8) is 0 Å². The molecule has 42 heavy (non-hydrogen) atoms. The van der Waals surface area contributed by atoms with Crippen molar-refractivity contribution >= 4 is 54.0 Å². The van der Waals surface area contributed by atoms with Crippen molar-refractivity contribution in [3.8, 4) is 16.9 Å². The van der Waals surface area contributed by atoms with Gasteiger partial charge in [0.2, 0.25) is 0 Å². The molecule has 0 unspecified atom stereocenters. The average molecular weight is 713 g/mol. The quantitative estimate of drug-likeness (QED) is 0.0829. The molecule has 0 saturated heterocycles. The minimum atomic E-state index is 0.802. The van der Waals surface area contributed by atoms with E-state index >= 15 is 0 Å². The molecule has 0 saturated carbocycles. The third-order valence-electron chi connectivity index (χ3n) is 8.27. The number of benzene rings is 3. The number of rotatable bonds is 20. The molecule has 0 fully saturated rings. The van der Waals surface area contributed by atoms with Gasteiger partial charge < -0.3 is 4.74 Å². The fourth-order valence-electron chi connectivity index (χ4n) is 5.78. The zero-order chi connectivity index (χ0) is 29.4. The molecule has 0 aliphatic rings. The molecule has 0 atom stereocenters. The summed E-state index contributed by atoms with van der Waals surface area (Å²) in [6, 6.07) is 24.7. The Hall–Kier alpha value is -1.62. The molecule has 1 heterocycles. The average Bonchev–Trinajstić information content (AvgIpc) is 3.33. The zero-order valence-electron chi connectivity index (χ0n) is 25.4. The number of unbranched alkanes of at least 4 members (excludes halogenated alkanes) is 12. The standard InChI is InChI=1S/C38H48Br2OS/c1-2-3-4-5-10-13-17-30-21-23-31(24-22-30)35-20-16-19-32-28-34(25-26-36(32)35)41-27-15-12-9-7-6-8-11-14-18-33-29-37(39)42-38(33)40/h16,19-26,28-29H,2-15,17-18,27H2,1H3. The lowest BCUT2D eigenvalue weighted by Crippen LogP contribution is -1.97. The van der Waals surface area contributed by atoms with Crippen LogP contribution in [0.5, 0.6) is 5.75 Å². The van der Waals surface area contributed by atoms with Gasteiger partial charge in [-0.05, 0) is 115 Å². The van der Waals surface area contributed by atoms with Crippen LogP contribution in [0.4, 0.5) is 0 Å². The van der Waals surface area contributed by atoms with E-state index in [1.807, 2.05) is 0 Å². The Labute approximate surface area is 275 Å². The maximum atomic E-state index is 6.15. The third-order valence-corrected chi connectivity index (χ3v) is 10.7. The molecule has 0 aliphatic carbocycles. The van der Waals surface area contributed by atoms with Gasteiger partial charge in [-0.25, -0.2) is 0 Å². The largest absolute Gasteiger partial charge is 0.494 e. The van der Waals surface area contributed by atoms with Gasteiger partial charge >= 0.3 is 0 Å². The summed E-state index contributed by atoms with van der Waals surface area (Å²) in [6.45, 7) is 3.08. The molecule has 0 bridgehead atoms. The highest BCUT2D eigenvalue weighted by Gasteiger charge is 2.07. The van der Waals surface area contributed by atoms with E-state index in [9.17, 15) is 0 Å². The van der Waals surface area contributed by atoms with Crippen LogP contribution in [0.25, 0.3) is 21.9 Å². The van der Waals surface area contributed by atoms with Crippen molar-refractivity contribution in [2.24, 2.45) is 0 Å². The zero-order valence-corrected chi connectivity index (χ0v) is 29.4. The van der Waals surface area contributed by atoms with Gasteiger partial charge in [-0.2, -0.15) is 0 Å². The first kappa shape index (κ1) is 33.3. The van der Waals surface area contributed by atoms with E-state index in [1.165, 1.54) is 137 Å². The Morgan fingerprint density at radius 3 is 2.00 bits per heavy atom. The summed E-state index contributed by atoms with van der Waals surface area (Å²) in [5, 5.41) is 2.55. The molecule has 226 valence electrons. The summed E-state index contributed by atoms with van der Waals surface area (Å²) < 4.78 is 8.65. The maximum absolute atomic E-state index is 6.15. The van der Waals surface area contributed by atoms with E-state index in [0.717, 1.165) is 18.8 Å². The van der Waals surface area contributed by atoms with Crippen molar-refractivity contribution in [2.75, 3.05) is 6.61 Å². The number of ether oxygens (including phenoxy) is 1. The molecular weight excluding hydrogens is 664 g/mol. The summed E-state index contributed by atoms with van der Waals surface area (Å²) in [5.74, 6) is 0.984. The van der Waals surface area contributed by atoms with Crippen molar-refractivity contribution < 1.29 is 4.74 Å². The first-order valence-corrected chi connectivity index (χ1v) is 18.7. The molecule has 1 aromatic heterocycles. The minimum Gasteiger partial charge on any atom is -0.494 e. The second kappa shape index (κ2) is 18.9. The molecule has 0 amide bonds. The van der Waals surface area contributed by atoms with Gasteiger partial charge in [0.05, 0.1) is 14.2 Å². The molecule has 0 aliphatic heterocycles. The van der Waals surface area contributed by atoms with Crippen molar-refractivity contribution in [2.45, 2.75) is 110 Å². The van der Waals surface area contributed by atoms with Crippen LogP contribution >= 0.6 is 43.2 Å². The van der Waals surface area contributed by atoms with E-state index < -0.39 is 0 Å². The maximum Gasteiger partial charge on any atom is 0.119 e. The smallest absolute Gasteiger partial charge is 0.119 e. The number of aryl methyl sites for hydroxylation is 2. The number of halogens is 2. The normalized spacial score (nSPS) is 11.4. The van der Waals surface area contributed by atoms with Crippen LogP contribution < -0.4 is 4.74 Å². The molecule has 4 heteroatoms. The predicted octanol–water partition coefficient (Wildman–Crippen LogP) is 13.7. The van der Waals surface area contributed by atoms with E-state index in [0.29, 0.717) is 0 Å². The van der Waals surface area contributed by atoms with E-state index in [4.69, 9.17) is 4.74 Å². The Morgan fingerprint density at radius 1 is 0.643 bits per heavy atom. The van der Waals surface area contributed by atoms with Gasteiger partial charge in [0.15, 0.2) is 0 Å². The topological polar surface area (TPSA) is 9.23 Å². The van der Waals surface area contributed by atoms with Crippen LogP contribution in [0.15, 0.2) is 74.3 Å². The first-order chi connectivity index (χ1) is 20.6. The van der Waals surface area contributed by atoms with Crippen LogP contribution in [0.1, 0.15) is 108 Å².